The van der Waals surface area contributed by atoms with E-state index in [1.54, 1.807) is 18.3 Å². The Morgan fingerprint density at radius 1 is 1.19 bits per heavy atom. The summed E-state index contributed by atoms with van der Waals surface area (Å²) in [6, 6.07) is 9.18. The van der Waals surface area contributed by atoms with E-state index in [-0.39, 0.29) is 22.7 Å². The van der Waals surface area contributed by atoms with Gasteiger partial charge in [0, 0.05) is 43.1 Å². The zero-order valence-electron chi connectivity index (χ0n) is 18.0. The minimum absolute atomic E-state index is 0.162. The Labute approximate surface area is 182 Å². The molecule has 4 atom stereocenters. The molecule has 4 heterocycles. The molecule has 1 aromatic carbocycles. The monoisotopic (exact) mass is 423 g/mol. The van der Waals surface area contributed by atoms with Gasteiger partial charge in [-0.25, -0.2) is 4.39 Å². The van der Waals surface area contributed by atoms with Gasteiger partial charge >= 0.3 is 0 Å². The molecule has 6 heteroatoms. The van der Waals surface area contributed by atoms with Crippen molar-refractivity contribution < 1.29 is 9.18 Å². The average Bonchev–Trinajstić information content (AvgIpc) is 2.76. The molecule has 164 valence electrons. The fraction of sp³-hybridized carbons (Fsp3) is 0.520. The molecular weight excluding hydrogens is 393 g/mol. The first-order valence-corrected chi connectivity index (χ1v) is 11.5. The lowest BCUT2D eigenvalue weighted by molar-refractivity contribution is -0.0642. The third-order valence-corrected chi connectivity index (χ3v) is 7.53. The quantitative estimate of drug-likeness (QED) is 0.824. The molecule has 0 unspecified atom stereocenters. The second-order valence-corrected chi connectivity index (χ2v) is 9.56. The van der Waals surface area contributed by atoms with Crippen molar-refractivity contribution in [3.05, 3.63) is 69.4 Å². The van der Waals surface area contributed by atoms with Crippen LogP contribution in [0.15, 0.2) is 41.3 Å². The summed E-state index contributed by atoms with van der Waals surface area (Å²) in [4.78, 5) is 33.3. The number of aromatic nitrogens is 1. The van der Waals surface area contributed by atoms with Crippen LogP contribution in [0.4, 0.5) is 4.39 Å². The number of piperidine rings is 3. The number of hydrogen-bond donors (Lipinski definition) is 1. The van der Waals surface area contributed by atoms with Crippen molar-refractivity contribution in [3.63, 3.8) is 0 Å². The van der Waals surface area contributed by atoms with Crippen LogP contribution < -0.4 is 5.43 Å². The van der Waals surface area contributed by atoms with Crippen LogP contribution in [0.25, 0.3) is 0 Å². The van der Waals surface area contributed by atoms with Gasteiger partial charge in [0.15, 0.2) is 5.43 Å². The highest BCUT2D eigenvalue weighted by atomic mass is 19.1. The van der Waals surface area contributed by atoms with Gasteiger partial charge in [0.05, 0.1) is 0 Å². The van der Waals surface area contributed by atoms with Crippen molar-refractivity contribution in [1.82, 2.24) is 14.8 Å². The van der Waals surface area contributed by atoms with Crippen LogP contribution in [0.2, 0.25) is 0 Å². The Balaban J connectivity index is 1.43. The lowest BCUT2D eigenvalue weighted by atomic mass is 9.71. The zero-order valence-corrected chi connectivity index (χ0v) is 18.0. The minimum Gasteiger partial charge on any atom is -0.364 e. The van der Waals surface area contributed by atoms with E-state index in [0.29, 0.717) is 30.5 Å². The first kappa shape index (κ1) is 20.4. The van der Waals surface area contributed by atoms with Crippen LogP contribution in [0.5, 0.6) is 0 Å². The highest BCUT2D eigenvalue weighted by molar-refractivity contribution is 5.94. The number of benzene rings is 1. The summed E-state index contributed by atoms with van der Waals surface area (Å²) >= 11 is 0. The first-order chi connectivity index (χ1) is 15.0. The summed E-state index contributed by atoms with van der Waals surface area (Å²) in [6.07, 6.45) is 7.05. The minimum atomic E-state index is -0.215. The smallest absolute Gasteiger partial charge is 0.259 e. The van der Waals surface area contributed by atoms with Crippen molar-refractivity contribution in [2.45, 2.75) is 51.1 Å². The van der Waals surface area contributed by atoms with Gasteiger partial charge in [0.25, 0.3) is 5.91 Å². The molecule has 5 rings (SSSR count). The Bertz CT molecular complexity index is 1040. The number of carbonyl (C=O) groups excluding carboxylic acids is 1. The Morgan fingerprint density at radius 2 is 2.03 bits per heavy atom. The number of hydrogen-bond acceptors (Lipinski definition) is 3. The molecule has 1 amide bonds. The predicted molar refractivity (Wildman–Crippen MR) is 118 cm³/mol. The highest BCUT2D eigenvalue weighted by Gasteiger charge is 2.48. The van der Waals surface area contributed by atoms with E-state index < -0.39 is 0 Å². The van der Waals surface area contributed by atoms with Crippen molar-refractivity contribution >= 4 is 5.91 Å². The molecule has 31 heavy (non-hydrogen) atoms. The van der Waals surface area contributed by atoms with Gasteiger partial charge in [-0.05, 0) is 68.7 Å². The zero-order chi connectivity index (χ0) is 21.5. The van der Waals surface area contributed by atoms with E-state index in [1.165, 1.54) is 25.0 Å². The molecule has 0 spiro atoms. The van der Waals surface area contributed by atoms with Crippen molar-refractivity contribution in [1.29, 1.82) is 0 Å². The van der Waals surface area contributed by atoms with Gasteiger partial charge in [-0.2, -0.15) is 0 Å². The van der Waals surface area contributed by atoms with Crippen LogP contribution >= 0.6 is 0 Å². The molecule has 0 aliphatic carbocycles. The average molecular weight is 424 g/mol. The number of fused-ring (bicyclic) bond motifs is 4. The standard InChI is InChI=1S/C25H30FN3O2/c1-16-9-24(30)21(13-27-16)25(31)28-14-18-12-19(15-28)23(29-8-3-2-7-22(18)29)11-17-5-4-6-20(26)10-17/h4-6,9-10,13,18-19,22-23H,2-3,7-8,11-12,14-15H2,1H3,(H,27,30)/t18-,19+,22+,23+/m1/s1. The van der Waals surface area contributed by atoms with E-state index in [1.807, 2.05) is 17.9 Å². The fourth-order valence-electron chi connectivity index (χ4n) is 6.17. The molecule has 3 aliphatic rings. The Kier molecular flexibility index (Phi) is 5.42. The Hall–Kier alpha value is -2.47. The number of likely N-dealkylation sites (tertiary alicyclic amines) is 1. The number of amides is 1. The summed E-state index contributed by atoms with van der Waals surface area (Å²) in [5.74, 6) is 0.422. The Morgan fingerprint density at radius 3 is 2.84 bits per heavy atom. The molecule has 3 saturated heterocycles. The van der Waals surface area contributed by atoms with Crippen molar-refractivity contribution in [2.24, 2.45) is 11.8 Å². The molecule has 2 aromatic rings. The van der Waals surface area contributed by atoms with E-state index in [9.17, 15) is 14.0 Å². The van der Waals surface area contributed by atoms with Gasteiger partial charge in [0.1, 0.15) is 11.4 Å². The van der Waals surface area contributed by atoms with E-state index in [4.69, 9.17) is 0 Å². The third kappa shape index (κ3) is 3.93. The van der Waals surface area contributed by atoms with E-state index >= 15 is 0 Å². The van der Waals surface area contributed by atoms with Gasteiger partial charge in [-0.1, -0.05) is 18.6 Å². The maximum absolute atomic E-state index is 13.8. The molecule has 5 nitrogen and oxygen atoms in total. The van der Waals surface area contributed by atoms with Crippen LogP contribution in [0.1, 0.15) is 47.3 Å². The maximum atomic E-state index is 13.8. The number of nitrogens with one attached hydrogen (secondary N) is 1. The molecule has 3 aliphatic heterocycles. The molecule has 2 bridgehead atoms. The van der Waals surface area contributed by atoms with Crippen LogP contribution in [-0.2, 0) is 6.42 Å². The number of pyridine rings is 1. The second kappa shape index (κ2) is 8.23. The molecule has 3 fully saturated rings. The van der Waals surface area contributed by atoms with Gasteiger partial charge < -0.3 is 9.88 Å². The summed E-state index contributed by atoms with van der Waals surface area (Å²) in [7, 11) is 0. The molecule has 1 aromatic heterocycles. The SMILES string of the molecule is Cc1cc(=O)c(C(=O)N2C[C@H]3C[C@@H](C2)[C@H](Cc2cccc(F)c2)N2CCCC[C@@H]32)c[nH]1. The number of aryl methyl sites for hydroxylation is 1. The molecule has 0 saturated carbocycles. The largest absolute Gasteiger partial charge is 0.364 e. The fourth-order valence-corrected chi connectivity index (χ4v) is 6.17. The lowest BCUT2D eigenvalue weighted by Gasteiger charge is -2.57. The second-order valence-electron chi connectivity index (χ2n) is 9.56. The lowest BCUT2D eigenvalue weighted by Crippen LogP contribution is -2.64. The van der Waals surface area contributed by atoms with Crippen LogP contribution in [0, 0.1) is 24.6 Å². The number of nitrogens with zero attached hydrogens (tertiary/aromatic N) is 2. The topological polar surface area (TPSA) is 56.4 Å². The van der Waals surface area contributed by atoms with Crippen LogP contribution in [0.3, 0.4) is 0 Å². The van der Waals surface area contributed by atoms with E-state index in [2.05, 4.69) is 9.88 Å². The molecular formula is C25H30FN3O2. The molecule has 1 N–H and O–H groups in total. The molecule has 0 radical (unpaired) electrons. The van der Waals surface area contributed by atoms with E-state index in [0.717, 1.165) is 43.6 Å². The number of carbonyl (C=O) groups is 1. The summed E-state index contributed by atoms with van der Waals surface area (Å²) in [5.41, 5.74) is 1.79. The maximum Gasteiger partial charge on any atom is 0.259 e. The summed E-state index contributed by atoms with van der Waals surface area (Å²) in [6.45, 7) is 4.28. The first-order valence-electron chi connectivity index (χ1n) is 11.5. The van der Waals surface area contributed by atoms with Gasteiger partial charge in [-0.3, -0.25) is 14.5 Å². The number of rotatable bonds is 3. The van der Waals surface area contributed by atoms with Crippen molar-refractivity contribution in [2.75, 3.05) is 19.6 Å². The van der Waals surface area contributed by atoms with Crippen LogP contribution in [-0.4, -0.2) is 52.4 Å². The van der Waals surface area contributed by atoms with Gasteiger partial charge in [-0.15, -0.1) is 0 Å². The normalized spacial score (nSPS) is 28.3. The number of H-pyrrole nitrogens is 1. The van der Waals surface area contributed by atoms with Gasteiger partial charge in [0.2, 0.25) is 0 Å². The summed E-state index contributed by atoms with van der Waals surface area (Å²) in [5, 5.41) is 0. The van der Waals surface area contributed by atoms with Crippen molar-refractivity contribution in [3.8, 4) is 0 Å². The highest BCUT2D eigenvalue weighted by Crippen LogP contribution is 2.42. The predicted octanol–water partition coefficient (Wildman–Crippen LogP) is 3.38. The summed E-state index contributed by atoms with van der Waals surface area (Å²) < 4.78 is 13.8. The number of halogens is 1. The third-order valence-electron chi connectivity index (χ3n) is 7.53. The number of aromatic amines is 1.